The Morgan fingerprint density at radius 3 is 2.53 bits per heavy atom. The van der Waals surface area contributed by atoms with Gasteiger partial charge in [-0.1, -0.05) is 18.2 Å². The molecule has 0 fully saturated rings. The molecule has 0 bridgehead atoms. The van der Waals surface area contributed by atoms with Crippen LogP contribution in [0.25, 0.3) is 0 Å². The lowest BCUT2D eigenvalue weighted by atomic mass is 10.2. The van der Waals surface area contributed by atoms with E-state index < -0.39 is 17.7 Å². The van der Waals surface area contributed by atoms with E-state index in [9.17, 15) is 13.6 Å². The fraction of sp³-hybridized carbons (Fsp3) is 0.0714. The molecule has 3 nitrogen and oxygen atoms in total. The molecule has 98 valence electrons. The van der Waals surface area contributed by atoms with Crippen LogP contribution in [-0.2, 0) is 6.54 Å². The topological polar surface area (TPSA) is 41.1 Å². The summed E-state index contributed by atoms with van der Waals surface area (Å²) in [5.74, 6) is -1.09. The number of urea groups is 1. The Morgan fingerprint density at radius 2 is 1.79 bits per heavy atom. The van der Waals surface area contributed by atoms with Crippen molar-refractivity contribution in [1.29, 1.82) is 0 Å². The first-order valence-corrected chi connectivity index (χ1v) is 5.69. The average molecular weight is 262 g/mol. The van der Waals surface area contributed by atoms with E-state index in [-0.39, 0.29) is 12.1 Å². The predicted molar refractivity (Wildman–Crippen MR) is 68.7 cm³/mol. The minimum atomic E-state index is -0.554. The zero-order valence-corrected chi connectivity index (χ0v) is 9.99. The number of nitrogens with one attached hydrogen (secondary N) is 2. The lowest BCUT2D eigenvalue weighted by Crippen LogP contribution is -2.28. The highest BCUT2D eigenvalue weighted by molar-refractivity contribution is 5.89. The smallest absolute Gasteiger partial charge is 0.319 e. The molecule has 0 atom stereocenters. The molecule has 0 spiro atoms. The monoisotopic (exact) mass is 262 g/mol. The maximum absolute atomic E-state index is 13.3. The number of carbonyl (C=O) groups excluding carboxylic acids is 1. The Labute approximate surface area is 109 Å². The van der Waals surface area contributed by atoms with Gasteiger partial charge in [-0.25, -0.2) is 13.6 Å². The maximum Gasteiger partial charge on any atom is 0.319 e. The van der Waals surface area contributed by atoms with Gasteiger partial charge in [0.05, 0.1) is 0 Å². The highest BCUT2D eigenvalue weighted by Crippen LogP contribution is 2.09. The van der Waals surface area contributed by atoms with Crippen LogP contribution in [0.15, 0.2) is 48.5 Å². The summed E-state index contributed by atoms with van der Waals surface area (Å²) in [6.07, 6.45) is 0. The predicted octanol–water partition coefficient (Wildman–Crippen LogP) is 3.29. The molecule has 0 aromatic heterocycles. The van der Waals surface area contributed by atoms with Crippen molar-refractivity contribution in [3.63, 3.8) is 0 Å². The summed E-state index contributed by atoms with van der Waals surface area (Å²) in [5, 5.41) is 5.04. The number of hydrogen-bond donors (Lipinski definition) is 2. The van der Waals surface area contributed by atoms with Gasteiger partial charge < -0.3 is 10.6 Å². The number of rotatable bonds is 3. The Balaban J connectivity index is 1.92. The lowest BCUT2D eigenvalue weighted by molar-refractivity contribution is 0.251. The Bertz CT molecular complexity index is 573. The molecule has 0 heterocycles. The second-order valence-electron chi connectivity index (χ2n) is 3.91. The largest absolute Gasteiger partial charge is 0.334 e. The van der Waals surface area contributed by atoms with Gasteiger partial charge in [0, 0.05) is 17.8 Å². The number of amides is 2. The first-order chi connectivity index (χ1) is 9.15. The van der Waals surface area contributed by atoms with Gasteiger partial charge in [0.2, 0.25) is 0 Å². The van der Waals surface area contributed by atoms with Crippen molar-refractivity contribution in [3.05, 3.63) is 65.7 Å². The summed E-state index contributed by atoms with van der Waals surface area (Å²) in [7, 11) is 0. The van der Waals surface area contributed by atoms with Crippen LogP contribution in [0.2, 0.25) is 0 Å². The van der Waals surface area contributed by atoms with Gasteiger partial charge in [-0.15, -0.1) is 0 Å². The molecule has 2 rings (SSSR count). The van der Waals surface area contributed by atoms with Crippen molar-refractivity contribution >= 4 is 11.7 Å². The van der Waals surface area contributed by atoms with E-state index in [0.29, 0.717) is 5.69 Å². The van der Waals surface area contributed by atoms with E-state index in [1.165, 1.54) is 0 Å². The van der Waals surface area contributed by atoms with Gasteiger partial charge in [-0.05, 0) is 30.3 Å². The van der Waals surface area contributed by atoms with Crippen molar-refractivity contribution in [3.8, 4) is 0 Å². The fourth-order valence-electron chi connectivity index (χ4n) is 1.55. The molecule has 0 aliphatic rings. The highest BCUT2D eigenvalue weighted by Gasteiger charge is 2.06. The van der Waals surface area contributed by atoms with Crippen LogP contribution in [0.5, 0.6) is 0 Å². The number of carbonyl (C=O) groups is 1. The van der Waals surface area contributed by atoms with Crippen molar-refractivity contribution in [2.24, 2.45) is 0 Å². The molecule has 0 unspecified atom stereocenters. The van der Waals surface area contributed by atoms with E-state index in [0.717, 1.165) is 18.2 Å². The number of anilines is 1. The molecule has 0 radical (unpaired) electrons. The van der Waals surface area contributed by atoms with Crippen molar-refractivity contribution in [2.75, 3.05) is 5.32 Å². The van der Waals surface area contributed by atoms with Gasteiger partial charge in [0.15, 0.2) is 0 Å². The third-order valence-corrected chi connectivity index (χ3v) is 2.48. The standard InChI is InChI=1S/C14H12F2N2O/c15-11-6-7-13(16)10(8-11)9-17-14(19)18-12-4-2-1-3-5-12/h1-8H,9H2,(H2,17,18,19). The molecule has 2 aromatic carbocycles. The number of benzene rings is 2. The van der Waals surface area contributed by atoms with E-state index in [4.69, 9.17) is 0 Å². The lowest BCUT2D eigenvalue weighted by Gasteiger charge is -2.08. The summed E-state index contributed by atoms with van der Waals surface area (Å²) < 4.78 is 26.2. The van der Waals surface area contributed by atoms with E-state index in [1.807, 2.05) is 6.07 Å². The summed E-state index contributed by atoms with van der Waals surface area (Å²) in [6, 6.07) is 11.5. The second kappa shape index (κ2) is 5.95. The zero-order valence-electron chi connectivity index (χ0n) is 9.99. The van der Waals surface area contributed by atoms with Gasteiger partial charge >= 0.3 is 6.03 Å². The molecular formula is C14H12F2N2O. The van der Waals surface area contributed by atoms with Crippen LogP contribution in [0.3, 0.4) is 0 Å². The maximum atomic E-state index is 13.3. The highest BCUT2D eigenvalue weighted by atomic mass is 19.1. The molecule has 19 heavy (non-hydrogen) atoms. The molecule has 0 aliphatic carbocycles. The molecule has 2 aromatic rings. The minimum Gasteiger partial charge on any atom is -0.334 e. The molecule has 0 aliphatic heterocycles. The van der Waals surface area contributed by atoms with Crippen LogP contribution in [0.1, 0.15) is 5.56 Å². The molecule has 0 saturated carbocycles. The minimum absolute atomic E-state index is 0.0811. The Kier molecular flexibility index (Phi) is 4.07. The first-order valence-electron chi connectivity index (χ1n) is 5.69. The van der Waals surface area contributed by atoms with E-state index in [2.05, 4.69) is 10.6 Å². The third-order valence-electron chi connectivity index (χ3n) is 2.48. The van der Waals surface area contributed by atoms with Crippen LogP contribution < -0.4 is 10.6 Å². The molecule has 5 heteroatoms. The molecule has 2 amide bonds. The number of halogens is 2. The zero-order chi connectivity index (χ0) is 13.7. The third kappa shape index (κ3) is 3.77. The van der Waals surface area contributed by atoms with E-state index in [1.54, 1.807) is 24.3 Å². The summed E-state index contributed by atoms with van der Waals surface area (Å²) in [6.45, 7) is -0.0811. The van der Waals surface area contributed by atoms with Gasteiger partial charge in [-0.2, -0.15) is 0 Å². The van der Waals surface area contributed by atoms with E-state index >= 15 is 0 Å². The molecule has 0 saturated heterocycles. The van der Waals surface area contributed by atoms with Crippen LogP contribution in [0.4, 0.5) is 19.3 Å². The second-order valence-corrected chi connectivity index (χ2v) is 3.91. The summed E-state index contributed by atoms with van der Waals surface area (Å²) in [4.78, 5) is 11.5. The van der Waals surface area contributed by atoms with Gasteiger partial charge in [-0.3, -0.25) is 0 Å². The molecular weight excluding hydrogens is 250 g/mol. The van der Waals surface area contributed by atoms with Crippen molar-refractivity contribution in [1.82, 2.24) is 5.32 Å². The Hall–Kier alpha value is -2.43. The number of para-hydroxylation sites is 1. The van der Waals surface area contributed by atoms with Crippen LogP contribution in [-0.4, -0.2) is 6.03 Å². The summed E-state index contributed by atoms with van der Waals surface area (Å²) in [5.41, 5.74) is 0.725. The molecule has 2 N–H and O–H groups in total. The quantitative estimate of drug-likeness (QED) is 0.875. The van der Waals surface area contributed by atoms with Gasteiger partial charge in [0.1, 0.15) is 11.6 Å². The Morgan fingerprint density at radius 1 is 1.05 bits per heavy atom. The van der Waals surface area contributed by atoms with Crippen LogP contribution in [0, 0.1) is 11.6 Å². The average Bonchev–Trinajstić information content (AvgIpc) is 2.41. The van der Waals surface area contributed by atoms with Crippen LogP contribution >= 0.6 is 0 Å². The normalized spacial score (nSPS) is 10.0. The fourth-order valence-corrected chi connectivity index (χ4v) is 1.55. The van der Waals surface area contributed by atoms with Crippen molar-refractivity contribution < 1.29 is 13.6 Å². The first kappa shape index (κ1) is 13.0. The van der Waals surface area contributed by atoms with Crippen molar-refractivity contribution in [2.45, 2.75) is 6.54 Å². The SMILES string of the molecule is O=C(NCc1cc(F)ccc1F)Nc1ccccc1. The number of hydrogen-bond acceptors (Lipinski definition) is 1. The van der Waals surface area contributed by atoms with Gasteiger partial charge in [0.25, 0.3) is 0 Å². The summed E-state index contributed by atoms with van der Waals surface area (Å²) >= 11 is 0.